The maximum atomic E-state index is 8.28. The van der Waals surface area contributed by atoms with Gasteiger partial charge in [0.05, 0.1) is 6.21 Å². The van der Waals surface area contributed by atoms with Crippen LogP contribution in [-0.2, 0) is 0 Å². The van der Waals surface area contributed by atoms with Gasteiger partial charge in [-0.15, -0.1) is 5.10 Å². The molecule has 0 saturated carbocycles. The van der Waals surface area contributed by atoms with Crippen molar-refractivity contribution in [3.8, 4) is 0 Å². The van der Waals surface area contributed by atoms with Crippen molar-refractivity contribution < 1.29 is 5.21 Å². The van der Waals surface area contributed by atoms with Gasteiger partial charge in [-0.25, -0.2) is 5.48 Å². The number of anilines is 1. The molecule has 0 spiro atoms. The lowest BCUT2D eigenvalue weighted by Gasteiger charge is -1.94. The minimum Gasteiger partial charge on any atom is -0.399 e. The summed E-state index contributed by atoms with van der Waals surface area (Å²) in [6, 6.07) is 7.12. The molecule has 0 aliphatic heterocycles. The van der Waals surface area contributed by atoms with Crippen LogP contribution in [0.5, 0.6) is 0 Å². The van der Waals surface area contributed by atoms with E-state index >= 15 is 0 Å². The van der Waals surface area contributed by atoms with Gasteiger partial charge in [-0.3, -0.25) is 5.21 Å². The Kier molecular flexibility index (Phi) is 3.45. The summed E-state index contributed by atoms with van der Waals surface area (Å²) in [6.45, 7) is 0. The van der Waals surface area contributed by atoms with Gasteiger partial charge < -0.3 is 11.5 Å². The van der Waals surface area contributed by atoms with Gasteiger partial charge in [0.15, 0.2) is 0 Å². The lowest BCUT2D eigenvalue weighted by Crippen LogP contribution is -2.27. The van der Waals surface area contributed by atoms with E-state index in [0.29, 0.717) is 5.69 Å². The minimum atomic E-state index is -0.176. The molecule has 0 aromatic heterocycles. The van der Waals surface area contributed by atoms with Crippen molar-refractivity contribution in [2.24, 2.45) is 15.9 Å². The van der Waals surface area contributed by atoms with Crippen LogP contribution in [0.15, 0.2) is 34.5 Å². The van der Waals surface area contributed by atoms with E-state index in [1.807, 2.05) is 6.07 Å². The number of benzene rings is 1. The van der Waals surface area contributed by atoms with Crippen molar-refractivity contribution >= 4 is 17.9 Å². The van der Waals surface area contributed by atoms with Crippen LogP contribution in [0, 0.1) is 0 Å². The summed E-state index contributed by atoms with van der Waals surface area (Å²) in [5, 5.41) is 15.3. The summed E-state index contributed by atoms with van der Waals surface area (Å²) in [4.78, 5) is 0. The molecule has 6 N–H and O–H groups in total. The first-order valence-electron chi connectivity index (χ1n) is 3.84. The molecule has 6 heteroatoms. The Hall–Kier alpha value is -2.08. The molecule has 0 radical (unpaired) electrons. The summed E-state index contributed by atoms with van der Waals surface area (Å²) < 4.78 is 0. The topological polar surface area (TPSA) is 109 Å². The van der Waals surface area contributed by atoms with E-state index in [-0.39, 0.29) is 5.96 Å². The zero-order valence-corrected chi connectivity index (χ0v) is 7.38. The third-order valence-corrected chi connectivity index (χ3v) is 1.40. The van der Waals surface area contributed by atoms with Crippen LogP contribution in [-0.4, -0.2) is 17.4 Å². The number of hydrogen-bond donors (Lipinski definition) is 4. The third kappa shape index (κ3) is 3.11. The van der Waals surface area contributed by atoms with Crippen LogP contribution >= 0.6 is 0 Å². The van der Waals surface area contributed by atoms with Crippen molar-refractivity contribution in [3.05, 3.63) is 29.8 Å². The molecule has 0 fully saturated rings. The highest BCUT2D eigenvalue weighted by molar-refractivity contribution is 5.82. The van der Waals surface area contributed by atoms with E-state index in [1.165, 1.54) is 6.21 Å². The van der Waals surface area contributed by atoms with Crippen molar-refractivity contribution in [1.29, 1.82) is 0 Å². The molecule has 0 unspecified atom stereocenters. The smallest absolute Gasteiger partial charge is 0.237 e. The first-order chi connectivity index (χ1) is 6.72. The lowest BCUT2D eigenvalue weighted by atomic mass is 10.2. The van der Waals surface area contributed by atoms with Crippen molar-refractivity contribution in [1.82, 2.24) is 5.48 Å². The highest BCUT2D eigenvalue weighted by atomic mass is 16.5. The van der Waals surface area contributed by atoms with E-state index < -0.39 is 0 Å². The Bertz CT molecular complexity index is 361. The fraction of sp³-hybridized carbons (Fsp3) is 0. The normalized spacial score (nSPS) is 11.9. The van der Waals surface area contributed by atoms with E-state index in [2.05, 4.69) is 10.2 Å². The van der Waals surface area contributed by atoms with E-state index in [4.69, 9.17) is 16.7 Å². The summed E-state index contributed by atoms with van der Waals surface area (Å²) in [5.74, 6) is -0.176. The van der Waals surface area contributed by atoms with E-state index in [1.54, 1.807) is 23.7 Å². The van der Waals surface area contributed by atoms with Crippen LogP contribution < -0.4 is 16.9 Å². The molecule has 0 saturated heterocycles. The average Bonchev–Trinajstić information content (AvgIpc) is 2.17. The molecule has 1 aromatic carbocycles. The van der Waals surface area contributed by atoms with Gasteiger partial charge >= 0.3 is 0 Å². The molecule has 1 aromatic rings. The van der Waals surface area contributed by atoms with Crippen molar-refractivity contribution in [3.63, 3.8) is 0 Å². The maximum Gasteiger partial charge on any atom is 0.237 e. The van der Waals surface area contributed by atoms with Crippen LogP contribution in [0.4, 0.5) is 5.69 Å². The van der Waals surface area contributed by atoms with Gasteiger partial charge in [-0.05, 0) is 17.7 Å². The molecule has 74 valence electrons. The molecular formula is C8H11N5O. The quantitative estimate of drug-likeness (QED) is 0.227. The molecule has 0 amide bonds. The number of nitrogens with one attached hydrogen (secondary N) is 1. The molecule has 0 heterocycles. The number of guanidine groups is 1. The number of rotatable bonds is 2. The Morgan fingerprint density at radius 1 is 1.50 bits per heavy atom. The molecule has 14 heavy (non-hydrogen) atoms. The summed E-state index contributed by atoms with van der Waals surface area (Å²) in [6.07, 6.45) is 1.47. The predicted octanol–water partition coefficient (Wildman–Crippen LogP) is -0.104. The minimum absolute atomic E-state index is 0.176. The highest BCUT2D eigenvalue weighted by Gasteiger charge is 1.88. The van der Waals surface area contributed by atoms with E-state index in [0.717, 1.165) is 5.56 Å². The number of nitrogen functional groups attached to an aromatic ring is 1. The number of hydrogen-bond acceptors (Lipinski definition) is 4. The van der Waals surface area contributed by atoms with Crippen LogP contribution in [0.25, 0.3) is 0 Å². The van der Waals surface area contributed by atoms with Crippen LogP contribution in [0.3, 0.4) is 0 Å². The largest absolute Gasteiger partial charge is 0.399 e. The first kappa shape index (κ1) is 10.0. The number of nitrogens with zero attached hydrogens (tertiary/aromatic N) is 2. The van der Waals surface area contributed by atoms with Crippen LogP contribution in [0.2, 0.25) is 0 Å². The van der Waals surface area contributed by atoms with Gasteiger partial charge in [-0.2, -0.15) is 5.10 Å². The number of hydroxylamine groups is 1. The third-order valence-electron chi connectivity index (χ3n) is 1.40. The first-order valence-corrected chi connectivity index (χ1v) is 3.84. The zero-order chi connectivity index (χ0) is 10.4. The van der Waals surface area contributed by atoms with Gasteiger partial charge in [0.1, 0.15) is 0 Å². The number of nitrogens with two attached hydrogens (primary N) is 2. The van der Waals surface area contributed by atoms with Crippen LogP contribution in [0.1, 0.15) is 5.56 Å². The second kappa shape index (κ2) is 4.83. The molecule has 1 rings (SSSR count). The Balaban J connectivity index is 2.69. The summed E-state index contributed by atoms with van der Waals surface area (Å²) in [5.41, 5.74) is 13.8. The van der Waals surface area contributed by atoms with Gasteiger partial charge in [0.25, 0.3) is 0 Å². The molecule has 0 aliphatic rings. The van der Waals surface area contributed by atoms with Crippen molar-refractivity contribution in [2.75, 3.05) is 5.73 Å². The van der Waals surface area contributed by atoms with Gasteiger partial charge in [0.2, 0.25) is 5.96 Å². The fourth-order valence-electron chi connectivity index (χ4n) is 0.819. The highest BCUT2D eigenvalue weighted by Crippen LogP contribution is 2.03. The fourth-order valence-corrected chi connectivity index (χ4v) is 0.819. The van der Waals surface area contributed by atoms with Gasteiger partial charge in [-0.1, -0.05) is 12.1 Å². The second-order valence-electron chi connectivity index (χ2n) is 2.51. The Labute approximate surface area is 80.9 Å². The molecule has 0 atom stereocenters. The summed E-state index contributed by atoms with van der Waals surface area (Å²) >= 11 is 0. The zero-order valence-electron chi connectivity index (χ0n) is 7.38. The monoisotopic (exact) mass is 193 g/mol. The molecule has 0 bridgehead atoms. The lowest BCUT2D eigenvalue weighted by molar-refractivity contribution is 0.232. The standard InChI is InChI=1S/C8H11N5O/c9-7-3-1-2-6(4-7)5-11-12-8(10)13-14/h1-5,14H,9H2,(H3,10,12,13). The van der Waals surface area contributed by atoms with E-state index in [9.17, 15) is 0 Å². The maximum absolute atomic E-state index is 8.28. The Morgan fingerprint density at radius 2 is 2.29 bits per heavy atom. The molecular weight excluding hydrogens is 182 g/mol. The predicted molar refractivity (Wildman–Crippen MR) is 55.0 cm³/mol. The SMILES string of the molecule is N/C(=N/N=Cc1cccc(N)c1)NO. The molecule has 6 nitrogen and oxygen atoms in total. The molecule has 0 aliphatic carbocycles. The average molecular weight is 193 g/mol. The second-order valence-corrected chi connectivity index (χ2v) is 2.51. The van der Waals surface area contributed by atoms with Gasteiger partial charge in [0, 0.05) is 5.69 Å². The van der Waals surface area contributed by atoms with Crippen molar-refractivity contribution in [2.45, 2.75) is 0 Å². The Morgan fingerprint density at radius 3 is 2.93 bits per heavy atom. The summed E-state index contributed by atoms with van der Waals surface area (Å²) in [7, 11) is 0.